The predicted octanol–water partition coefficient (Wildman–Crippen LogP) is 0.0164. The predicted molar refractivity (Wildman–Crippen MR) is 62.8 cm³/mol. The molecule has 4 heteroatoms. The Labute approximate surface area is 108 Å². The number of rotatable bonds is 7. The van der Waals surface area contributed by atoms with Crippen LogP contribution in [0.25, 0.3) is 0 Å². The molecule has 0 saturated heterocycles. The van der Waals surface area contributed by atoms with E-state index in [9.17, 15) is 0 Å². The largest absolute Gasteiger partial charge is 1.00 e. The average molecular weight is 222 g/mol. The molecule has 0 amide bonds. The fourth-order valence-electron chi connectivity index (χ4n) is 0.998. The molecule has 0 aliphatic rings. The van der Waals surface area contributed by atoms with Gasteiger partial charge in [-0.15, -0.1) is 8.07 Å². The van der Waals surface area contributed by atoms with Crippen molar-refractivity contribution in [3.8, 4) is 0 Å². The molecule has 0 rings (SSSR count). The summed E-state index contributed by atoms with van der Waals surface area (Å²) in [7, 11) is 0.433. The number of hydrogen-bond acceptors (Lipinski definition) is 2. The van der Waals surface area contributed by atoms with Crippen molar-refractivity contribution in [2.24, 2.45) is 0 Å². The molecule has 0 aliphatic heterocycles. The van der Waals surface area contributed by atoms with Crippen LogP contribution in [-0.4, -0.2) is 28.1 Å². The van der Waals surface area contributed by atoms with E-state index in [4.69, 9.17) is 9.47 Å². The molecule has 84 valence electrons. The first-order chi connectivity index (χ1) is 6.49. The molecule has 0 bridgehead atoms. The van der Waals surface area contributed by atoms with Crippen LogP contribution < -0.4 is 18.9 Å². The summed E-state index contributed by atoms with van der Waals surface area (Å²) in [5.74, 6) is 0. The van der Waals surface area contributed by atoms with E-state index in [0.29, 0.717) is 6.79 Å². The molecule has 0 aromatic carbocycles. The fraction of sp³-hybridized carbons (Fsp3) is 0.818. The summed E-state index contributed by atoms with van der Waals surface area (Å²) in [6.07, 6.45) is 4.42. The van der Waals surface area contributed by atoms with E-state index >= 15 is 0 Å². The Morgan fingerprint density at radius 1 is 1.33 bits per heavy atom. The second kappa shape index (κ2) is 9.68. The molecule has 0 heterocycles. The Morgan fingerprint density at radius 2 is 1.93 bits per heavy atom. The Balaban J connectivity index is 0. The molecule has 0 N–H and O–H groups in total. The monoisotopic (exact) mass is 222 g/mol. The Kier molecular flexibility index (Phi) is 11.5. The smallest absolute Gasteiger partial charge is 0.499 e. The molecular formula is C11H23LiO2Si. The third-order valence-electron chi connectivity index (χ3n) is 1.68. The Hall–Kier alpha value is 0.474. The molecule has 15 heavy (non-hydrogen) atoms. The summed E-state index contributed by atoms with van der Waals surface area (Å²) in [5, 5.41) is 0. The van der Waals surface area contributed by atoms with Gasteiger partial charge < -0.3 is 15.2 Å². The van der Waals surface area contributed by atoms with Gasteiger partial charge in [0.1, 0.15) is 6.79 Å². The van der Waals surface area contributed by atoms with Gasteiger partial charge in [0.15, 0.2) is 0 Å². The van der Waals surface area contributed by atoms with Crippen molar-refractivity contribution in [2.45, 2.75) is 45.5 Å². The van der Waals surface area contributed by atoms with E-state index in [-0.39, 0.29) is 25.0 Å². The zero-order chi connectivity index (χ0) is 11.0. The van der Waals surface area contributed by atoms with Crippen molar-refractivity contribution in [3.05, 3.63) is 11.8 Å². The first kappa shape index (κ1) is 17.9. The molecule has 1 atom stereocenters. The fourth-order valence-corrected chi connectivity index (χ4v) is 1.68. The molecule has 0 aromatic heterocycles. The molecule has 0 spiro atoms. The normalized spacial score (nSPS) is 13.9. The third-order valence-corrected chi connectivity index (χ3v) is 2.71. The average Bonchev–Trinajstić information content (AvgIpc) is 2.08. The van der Waals surface area contributed by atoms with Crippen LogP contribution in [0.5, 0.6) is 0 Å². The maximum Gasteiger partial charge on any atom is 1.00 e. The van der Waals surface area contributed by atoms with Gasteiger partial charge in [-0.3, -0.25) is 0 Å². The quantitative estimate of drug-likeness (QED) is 0.343. The standard InChI is InChI=1S/C11H23O2Si.Li/c1-6-7-11(13-10-12-2)8-9-14(3,4)5;/h8,11H,6-7,10H2,1-5H3;/q-1;+1. The van der Waals surface area contributed by atoms with Crippen LogP contribution in [0.15, 0.2) is 6.08 Å². The van der Waals surface area contributed by atoms with Crippen molar-refractivity contribution in [2.75, 3.05) is 13.9 Å². The summed E-state index contributed by atoms with van der Waals surface area (Å²) in [4.78, 5) is 0. The second-order valence-corrected chi connectivity index (χ2v) is 9.25. The zero-order valence-corrected chi connectivity index (χ0v) is 12.1. The minimum atomic E-state index is -1.21. The molecule has 0 aromatic rings. The van der Waals surface area contributed by atoms with E-state index in [1.54, 1.807) is 7.11 Å². The molecular weight excluding hydrogens is 199 g/mol. The van der Waals surface area contributed by atoms with Crippen LogP contribution in [0.1, 0.15) is 19.8 Å². The number of methoxy groups -OCH3 is 1. The van der Waals surface area contributed by atoms with Gasteiger partial charge in [0.25, 0.3) is 0 Å². The first-order valence-corrected chi connectivity index (χ1v) is 8.71. The van der Waals surface area contributed by atoms with Gasteiger partial charge in [0.2, 0.25) is 0 Å². The van der Waals surface area contributed by atoms with Crippen molar-refractivity contribution in [3.63, 3.8) is 0 Å². The minimum absolute atomic E-state index is 0. The van der Waals surface area contributed by atoms with Gasteiger partial charge in [0, 0.05) is 13.2 Å². The summed E-state index contributed by atoms with van der Waals surface area (Å²) in [6, 6.07) is 0. The van der Waals surface area contributed by atoms with Crippen LogP contribution in [0, 0.1) is 5.70 Å². The maximum absolute atomic E-state index is 5.51. The van der Waals surface area contributed by atoms with Crippen molar-refractivity contribution in [1.82, 2.24) is 0 Å². The van der Waals surface area contributed by atoms with Gasteiger partial charge in [-0.05, 0) is 6.42 Å². The van der Waals surface area contributed by atoms with E-state index in [0.717, 1.165) is 12.8 Å². The van der Waals surface area contributed by atoms with E-state index in [2.05, 4.69) is 38.3 Å². The van der Waals surface area contributed by atoms with E-state index in [1.807, 2.05) is 0 Å². The van der Waals surface area contributed by atoms with Crippen molar-refractivity contribution < 1.29 is 28.3 Å². The SMILES string of the molecule is CCCC(C=[C-][Si](C)(C)C)OCOC.[Li+]. The third kappa shape index (κ3) is 12.4. The van der Waals surface area contributed by atoms with Gasteiger partial charge in [0.05, 0.1) is 0 Å². The van der Waals surface area contributed by atoms with Crippen molar-refractivity contribution >= 4 is 8.07 Å². The summed E-state index contributed by atoms with van der Waals surface area (Å²) in [5.41, 5.74) is 3.45. The number of ether oxygens (including phenoxy) is 2. The molecule has 2 nitrogen and oxygen atoms in total. The van der Waals surface area contributed by atoms with Gasteiger partial charge in [-0.25, -0.2) is 6.08 Å². The number of hydrogen-bond donors (Lipinski definition) is 0. The molecule has 0 radical (unpaired) electrons. The van der Waals surface area contributed by atoms with Gasteiger partial charge >= 0.3 is 18.9 Å². The molecule has 0 fully saturated rings. The van der Waals surface area contributed by atoms with Crippen LogP contribution in [0.4, 0.5) is 0 Å². The molecule has 1 unspecified atom stereocenters. The van der Waals surface area contributed by atoms with Crippen LogP contribution in [0.2, 0.25) is 19.6 Å². The van der Waals surface area contributed by atoms with Crippen LogP contribution in [0.3, 0.4) is 0 Å². The zero-order valence-electron chi connectivity index (χ0n) is 11.1. The van der Waals surface area contributed by atoms with E-state index < -0.39 is 8.07 Å². The topological polar surface area (TPSA) is 18.5 Å². The van der Waals surface area contributed by atoms with E-state index in [1.165, 1.54) is 0 Å². The Morgan fingerprint density at radius 3 is 2.33 bits per heavy atom. The Bertz CT molecular complexity index is 166. The summed E-state index contributed by atoms with van der Waals surface area (Å²) < 4.78 is 10.4. The maximum atomic E-state index is 5.51. The van der Waals surface area contributed by atoms with Crippen molar-refractivity contribution in [1.29, 1.82) is 0 Å². The summed E-state index contributed by atoms with van der Waals surface area (Å²) in [6.45, 7) is 9.33. The van der Waals surface area contributed by atoms with Gasteiger partial charge in [-0.1, -0.05) is 33.0 Å². The summed E-state index contributed by atoms with van der Waals surface area (Å²) >= 11 is 0. The van der Waals surface area contributed by atoms with Crippen LogP contribution in [-0.2, 0) is 9.47 Å². The van der Waals surface area contributed by atoms with Gasteiger partial charge in [-0.2, -0.15) is 0 Å². The second-order valence-electron chi connectivity index (χ2n) is 4.46. The minimum Gasteiger partial charge on any atom is -0.499 e. The molecule has 0 aliphatic carbocycles. The first-order valence-electron chi connectivity index (χ1n) is 5.21. The van der Waals surface area contributed by atoms with Crippen LogP contribution >= 0.6 is 0 Å². The molecule has 0 saturated carbocycles.